The van der Waals surface area contributed by atoms with Crippen molar-refractivity contribution in [3.63, 3.8) is 0 Å². The molecule has 0 amide bonds. The molecule has 7 nitrogen and oxygen atoms in total. The van der Waals surface area contributed by atoms with Gasteiger partial charge in [0.1, 0.15) is 11.9 Å². The van der Waals surface area contributed by atoms with E-state index in [1.54, 1.807) is 54.6 Å². The van der Waals surface area contributed by atoms with Crippen LogP contribution in [0.15, 0.2) is 65.7 Å². The largest absolute Gasteiger partial charge is 0.483 e. The molecule has 1 aromatic heterocycles. The van der Waals surface area contributed by atoms with E-state index in [0.29, 0.717) is 24.7 Å². The predicted molar refractivity (Wildman–Crippen MR) is 96.0 cm³/mol. The summed E-state index contributed by atoms with van der Waals surface area (Å²) in [7, 11) is -4.20. The van der Waals surface area contributed by atoms with Crippen molar-refractivity contribution in [3.05, 3.63) is 66.7 Å². The molecule has 3 aromatic rings. The van der Waals surface area contributed by atoms with E-state index in [9.17, 15) is 12.8 Å². The number of hydrogen-bond acceptors (Lipinski definition) is 5. The van der Waals surface area contributed by atoms with Crippen molar-refractivity contribution in [2.45, 2.75) is 11.0 Å². The molecule has 0 atom stereocenters. The van der Waals surface area contributed by atoms with Gasteiger partial charge in [-0.25, -0.2) is 13.1 Å². The molecule has 2 heterocycles. The van der Waals surface area contributed by atoms with Crippen LogP contribution in [0.2, 0.25) is 0 Å². The van der Waals surface area contributed by atoms with E-state index in [1.807, 2.05) is 0 Å². The SMILES string of the molecule is O=S(=O)(Nc1ccccc1OC1COC1)c1cnn(-c2ccccc2)c1F. The minimum absolute atomic E-state index is 0.131. The molecule has 0 unspecified atom stereocenters. The highest BCUT2D eigenvalue weighted by atomic mass is 32.2. The number of sulfonamides is 1. The van der Waals surface area contributed by atoms with Crippen LogP contribution >= 0.6 is 0 Å². The number of aromatic nitrogens is 2. The van der Waals surface area contributed by atoms with Crippen LogP contribution in [-0.2, 0) is 14.8 Å². The smallest absolute Gasteiger partial charge is 0.268 e. The third-order valence-electron chi connectivity index (χ3n) is 4.00. The summed E-state index contributed by atoms with van der Waals surface area (Å²) in [5, 5.41) is 3.86. The van der Waals surface area contributed by atoms with Crippen molar-refractivity contribution in [1.82, 2.24) is 9.78 Å². The lowest BCUT2D eigenvalue weighted by atomic mass is 10.3. The van der Waals surface area contributed by atoms with Gasteiger partial charge in [0.2, 0.25) is 5.95 Å². The third kappa shape index (κ3) is 3.51. The first-order valence-corrected chi connectivity index (χ1v) is 9.68. The van der Waals surface area contributed by atoms with Gasteiger partial charge in [0.15, 0.2) is 4.90 Å². The van der Waals surface area contributed by atoms with E-state index in [2.05, 4.69) is 9.82 Å². The fourth-order valence-electron chi connectivity index (χ4n) is 2.56. The Kier molecular flexibility index (Phi) is 4.54. The van der Waals surface area contributed by atoms with Crippen molar-refractivity contribution in [2.24, 2.45) is 0 Å². The summed E-state index contributed by atoms with van der Waals surface area (Å²) < 4.78 is 54.2. The predicted octanol–water partition coefficient (Wildman–Crippen LogP) is 2.59. The van der Waals surface area contributed by atoms with Crippen LogP contribution in [0.4, 0.5) is 10.1 Å². The van der Waals surface area contributed by atoms with Gasteiger partial charge in [0.05, 0.1) is 30.8 Å². The van der Waals surface area contributed by atoms with Crippen molar-refractivity contribution in [1.29, 1.82) is 0 Å². The molecular formula is C18H16FN3O4S. The third-order valence-corrected chi connectivity index (χ3v) is 5.34. The highest BCUT2D eigenvalue weighted by Crippen LogP contribution is 2.29. The average Bonchev–Trinajstić information content (AvgIpc) is 3.02. The van der Waals surface area contributed by atoms with Crippen molar-refractivity contribution in [3.8, 4) is 11.4 Å². The first-order valence-electron chi connectivity index (χ1n) is 8.20. The first kappa shape index (κ1) is 17.5. The lowest BCUT2D eigenvalue weighted by Gasteiger charge is -2.27. The Hall–Kier alpha value is -2.91. The molecule has 27 heavy (non-hydrogen) atoms. The van der Waals surface area contributed by atoms with Crippen LogP contribution in [0.3, 0.4) is 0 Å². The van der Waals surface area contributed by atoms with Crippen LogP contribution in [0.25, 0.3) is 5.69 Å². The monoisotopic (exact) mass is 389 g/mol. The lowest BCUT2D eigenvalue weighted by molar-refractivity contribution is -0.0793. The number of anilines is 1. The Balaban J connectivity index is 1.63. The van der Waals surface area contributed by atoms with Crippen molar-refractivity contribution in [2.75, 3.05) is 17.9 Å². The van der Waals surface area contributed by atoms with Crippen LogP contribution in [0, 0.1) is 5.95 Å². The van der Waals surface area contributed by atoms with Crippen LogP contribution in [0.5, 0.6) is 5.75 Å². The molecule has 1 fully saturated rings. The standard InChI is InChI=1S/C18H16FN3O4S/c19-18-17(10-20-22(18)13-6-2-1-3-7-13)27(23,24)21-15-8-4-5-9-16(15)26-14-11-25-12-14/h1-10,14,21H,11-12H2. The summed E-state index contributed by atoms with van der Waals surface area (Å²) in [4.78, 5) is -0.548. The summed E-state index contributed by atoms with van der Waals surface area (Å²) >= 11 is 0. The number of nitrogens with zero attached hydrogens (tertiary/aromatic N) is 2. The van der Waals surface area contributed by atoms with Crippen LogP contribution < -0.4 is 9.46 Å². The van der Waals surface area contributed by atoms with Gasteiger partial charge in [-0.3, -0.25) is 4.72 Å². The molecule has 2 aromatic carbocycles. The maximum absolute atomic E-state index is 14.7. The average molecular weight is 389 g/mol. The summed E-state index contributed by atoms with van der Waals surface area (Å²) in [6.45, 7) is 0.888. The molecule has 1 N–H and O–H groups in total. The Morgan fingerprint density at radius 1 is 1.11 bits per heavy atom. The zero-order valence-electron chi connectivity index (χ0n) is 14.1. The lowest BCUT2D eigenvalue weighted by Crippen LogP contribution is -2.38. The molecule has 9 heteroatoms. The van der Waals surface area contributed by atoms with Crippen molar-refractivity contribution < 1.29 is 22.3 Å². The second kappa shape index (κ2) is 7.01. The molecular weight excluding hydrogens is 373 g/mol. The van der Waals surface area contributed by atoms with E-state index >= 15 is 0 Å². The Morgan fingerprint density at radius 3 is 2.52 bits per heavy atom. The van der Waals surface area contributed by atoms with Gasteiger partial charge >= 0.3 is 0 Å². The molecule has 0 spiro atoms. The maximum atomic E-state index is 14.7. The number of hydrogen-bond donors (Lipinski definition) is 1. The summed E-state index contributed by atoms with van der Waals surface area (Å²) in [5.74, 6) is -0.621. The Labute approximate surface area is 155 Å². The van der Waals surface area contributed by atoms with Crippen LogP contribution in [-0.4, -0.2) is 37.5 Å². The topological polar surface area (TPSA) is 82.5 Å². The van der Waals surface area contributed by atoms with Gasteiger partial charge < -0.3 is 9.47 Å². The molecule has 1 saturated heterocycles. The van der Waals surface area contributed by atoms with Gasteiger partial charge in [-0.15, -0.1) is 0 Å². The second-order valence-electron chi connectivity index (χ2n) is 5.93. The summed E-state index contributed by atoms with van der Waals surface area (Å²) in [5.41, 5.74) is 0.640. The Morgan fingerprint density at radius 2 is 1.81 bits per heavy atom. The Bertz CT molecular complexity index is 1050. The van der Waals surface area contributed by atoms with E-state index in [1.165, 1.54) is 0 Å². The quantitative estimate of drug-likeness (QED) is 0.701. The van der Waals surface area contributed by atoms with E-state index in [0.717, 1.165) is 10.9 Å². The number of para-hydroxylation sites is 3. The minimum Gasteiger partial charge on any atom is -0.483 e. The van der Waals surface area contributed by atoms with Gasteiger partial charge in [0, 0.05) is 0 Å². The number of benzene rings is 2. The van der Waals surface area contributed by atoms with Gasteiger partial charge in [-0.05, 0) is 24.3 Å². The fourth-order valence-corrected chi connectivity index (χ4v) is 3.63. The summed E-state index contributed by atoms with van der Waals surface area (Å²) in [6, 6.07) is 15.0. The molecule has 1 aliphatic rings. The highest BCUT2D eigenvalue weighted by Gasteiger charge is 2.27. The molecule has 0 saturated carbocycles. The first-order chi connectivity index (χ1) is 13.0. The number of halogens is 1. The van der Waals surface area contributed by atoms with Crippen molar-refractivity contribution >= 4 is 15.7 Å². The number of rotatable bonds is 6. The minimum atomic E-state index is -4.20. The second-order valence-corrected chi connectivity index (χ2v) is 7.58. The summed E-state index contributed by atoms with van der Waals surface area (Å²) in [6.07, 6.45) is 0.849. The van der Waals surface area contributed by atoms with E-state index < -0.39 is 20.9 Å². The molecule has 1 aliphatic heterocycles. The number of nitrogens with one attached hydrogen (secondary N) is 1. The van der Waals surface area contributed by atoms with E-state index in [4.69, 9.17) is 9.47 Å². The van der Waals surface area contributed by atoms with Gasteiger partial charge in [-0.1, -0.05) is 30.3 Å². The van der Waals surface area contributed by atoms with Gasteiger partial charge in [-0.2, -0.15) is 9.49 Å². The number of ether oxygens (including phenoxy) is 2. The zero-order chi connectivity index (χ0) is 18.9. The van der Waals surface area contributed by atoms with Crippen LogP contribution in [0.1, 0.15) is 0 Å². The highest BCUT2D eigenvalue weighted by molar-refractivity contribution is 7.92. The molecule has 0 radical (unpaired) electrons. The molecule has 140 valence electrons. The zero-order valence-corrected chi connectivity index (χ0v) is 14.9. The normalized spacial score (nSPS) is 14.6. The fraction of sp³-hybridized carbons (Fsp3) is 0.167. The maximum Gasteiger partial charge on any atom is 0.268 e. The molecule has 4 rings (SSSR count). The van der Waals surface area contributed by atoms with Gasteiger partial charge in [0.25, 0.3) is 10.0 Å². The van der Waals surface area contributed by atoms with E-state index in [-0.39, 0.29) is 11.8 Å². The molecule has 0 bridgehead atoms. The molecule has 0 aliphatic carbocycles.